The van der Waals surface area contributed by atoms with E-state index in [1.807, 2.05) is 6.92 Å². The van der Waals surface area contributed by atoms with E-state index >= 15 is 0 Å². The Kier molecular flexibility index (Phi) is 4.76. The van der Waals surface area contributed by atoms with Crippen molar-refractivity contribution in [1.82, 2.24) is 4.98 Å². The Morgan fingerprint density at radius 3 is 2.70 bits per heavy atom. The Bertz CT molecular complexity index is 465. The van der Waals surface area contributed by atoms with Crippen molar-refractivity contribution in [2.75, 3.05) is 13.7 Å². The van der Waals surface area contributed by atoms with Crippen LogP contribution in [0.4, 0.5) is 0 Å². The lowest BCUT2D eigenvalue weighted by Gasteiger charge is -2.36. The molecule has 0 atom stereocenters. The quantitative estimate of drug-likeness (QED) is 0.775. The van der Waals surface area contributed by atoms with Crippen LogP contribution in [0.3, 0.4) is 0 Å². The van der Waals surface area contributed by atoms with Crippen LogP contribution in [0.2, 0.25) is 0 Å². The standard InChI is InChI=1S/C16H23NO3/c1-4-20-14-9-13(10-17-11-14)15(18)16(19-3)7-5-12(2)6-8-16/h9-12H,4-8H2,1-3H3. The highest BCUT2D eigenvalue weighted by atomic mass is 16.5. The van der Waals surface area contributed by atoms with Crippen LogP contribution >= 0.6 is 0 Å². The van der Waals surface area contributed by atoms with E-state index in [2.05, 4.69) is 11.9 Å². The largest absolute Gasteiger partial charge is 0.492 e. The van der Waals surface area contributed by atoms with E-state index < -0.39 is 5.60 Å². The molecule has 0 aromatic carbocycles. The second-order valence-corrected chi connectivity index (χ2v) is 5.55. The molecule has 4 heteroatoms. The van der Waals surface area contributed by atoms with E-state index in [9.17, 15) is 4.79 Å². The molecule has 1 aromatic rings. The molecule has 1 aromatic heterocycles. The van der Waals surface area contributed by atoms with Gasteiger partial charge < -0.3 is 9.47 Å². The van der Waals surface area contributed by atoms with Crippen LogP contribution in [0.25, 0.3) is 0 Å². The lowest BCUT2D eigenvalue weighted by Crippen LogP contribution is -2.43. The van der Waals surface area contributed by atoms with Gasteiger partial charge in [-0.3, -0.25) is 9.78 Å². The maximum absolute atomic E-state index is 12.8. The summed E-state index contributed by atoms with van der Waals surface area (Å²) in [4.78, 5) is 16.9. The van der Waals surface area contributed by atoms with Gasteiger partial charge in [-0.25, -0.2) is 0 Å². The molecule has 2 rings (SSSR count). The van der Waals surface area contributed by atoms with Crippen molar-refractivity contribution in [2.45, 2.75) is 45.1 Å². The number of aromatic nitrogens is 1. The van der Waals surface area contributed by atoms with Crippen LogP contribution in [-0.4, -0.2) is 30.1 Å². The Balaban J connectivity index is 2.22. The Morgan fingerprint density at radius 1 is 1.40 bits per heavy atom. The van der Waals surface area contributed by atoms with Gasteiger partial charge in [-0.1, -0.05) is 6.92 Å². The van der Waals surface area contributed by atoms with Gasteiger partial charge in [0.05, 0.1) is 12.8 Å². The summed E-state index contributed by atoms with van der Waals surface area (Å²) in [6, 6.07) is 1.76. The van der Waals surface area contributed by atoms with Gasteiger partial charge in [-0.2, -0.15) is 0 Å². The first-order valence-electron chi connectivity index (χ1n) is 7.29. The number of rotatable bonds is 5. The van der Waals surface area contributed by atoms with Crippen molar-refractivity contribution in [2.24, 2.45) is 5.92 Å². The molecule has 1 aliphatic carbocycles. The smallest absolute Gasteiger partial charge is 0.196 e. The zero-order chi connectivity index (χ0) is 14.6. The molecule has 1 saturated carbocycles. The Labute approximate surface area is 120 Å². The number of ketones is 1. The van der Waals surface area contributed by atoms with Gasteiger partial charge in [0.1, 0.15) is 11.4 Å². The number of hydrogen-bond acceptors (Lipinski definition) is 4. The third kappa shape index (κ3) is 3.01. The minimum atomic E-state index is -0.682. The predicted molar refractivity (Wildman–Crippen MR) is 77.1 cm³/mol. The third-order valence-electron chi connectivity index (χ3n) is 4.17. The molecule has 0 amide bonds. The molecule has 1 heterocycles. The summed E-state index contributed by atoms with van der Waals surface area (Å²) >= 11 is 0. The lowest BCUT2D eigenvalue weighted by molar-refractivity contribution is -0.0263. The highest BCUT2D eigenvalue weighted by molar-refractivity contribution is 6.02. The second-order valence-electron chi connectivity index (χ2n) is 5.55. The summed E-state index contributed by atoms with van der Waals surface area (Å²) in [5.74, 6) is 1.33. The molecule has 0 unspecified atom stereocenters. The second kappa shape index (κ2) is 6.35. The highest BCUT2D eigenvalue weighted by Gasteiger charge is 2.41. The fourth-order valence-electron chi connectivity index (χ4n) is 2.80. The molecule has 0 radical (unpaired) electrons. The summed E-state index contributed by atoms with van der Waals surface area (Å²) in [6.45, 7) is 4.70. The van der Waals surface area contributed by atoms with Gasteiger partial charge in [0, 0.05) is 18.9 Å². The Morgan fingerprint density at radius 2 is 2.10 bits per heavy atom. The minimum absolute atomic E-state index is 0.0287. The average Bonchev–Trinajstić information content (AvgIpc) is 2.48. The molecule has 1 fully saturated rings. The highest BCUT2D eigenvalue weighted by Crippen LogP contribution is 2.37. The van der Waals surface area contributed by atoms with Gasteiger partial charge in [0.2, 0.25) is 0 Å². The number of carbonyl (C=O) groups excluding carboxylic acids is 1. The molecule has 20 heavy (non-hydrogen) atoms. The zero-order valence-corrected chi connectivity index (χ0v) is 12.5. The Hall–Kier alpha value is -1.42. The van der Waals surface area contributed by atoms with Crippen molar-refractivity contribution in [3.05, 3.63) is 24.0 Å². The SMILES string of the molecule is CCOc1cncc(C(=O)C2(OC)CCC(C)CC2)c1. The van der Waals surface area contributed by atoms with Gasteiger partial charge in [-0.15, -0.1) is 0 Å². The summed E-state index contributed by atoms with van der Waals surface area (Å²) < 4.78 is 11.0. The first kappa shape index (κ1) is 15.0. The lowest BCUT2D eigenvalue weighted by atomic mass is 9.75. The third-order valence-corrected chi connectivity index (χ3v) is 4.17. The molecule has 0 bridgehead atoms. The molecular weight excluding hydrogens is 254 g/mol. The zero-order valence-electron chi connectivity index (χ0n) is 12.5. The number of ether oxygens (including phenoxy) is 2. The van der Waals surface area contributed by atoms with Crippen LogP contribution in [0.5, 0.6) is 5.75 Å². The molecule has 0 spiro atoms. The topological polar surface area (TPSA) is 48.4 Å². The predicted octanol–water partition coefficient (Wildman–Crippen LogP) is 3.26. The molecular formula is C16H23NO3. The summed E-state index contributed by atoms with van der Waals surface area (Å²) in [5.41, 5.74) is -0.105. The van der Waals surface area contributed by atoms with Gasteiger partial charge in [-0.05, 0) is 44.6 Å². The van der Waals surface area contributed by atoms with Crippen LogP contribution < -0.4 is 4.74 Å². The van der Waals surface area contributed by atoms with E-state index in [0.717, 1.165) is 25.7 Å². The van der Waals surface area contributed by atoms with Crippen LogP contribution in [0.1, 0.15) is 49.9 Å². The van der Waals surface area contributed by atoms with Crippen molar-refractivity contribution in [3.63, 3.8) is 0 Å². The van der Waals surface area contributed by atoms with Crippen molar-refractivity contribution in [1.29, 1.82) is 0 Å². The number of methoxy groups -OCH3 is 1. The molecule has 110 valence electrons. The van der Waals surface area contributed by atoms with E-state index in [1.165, 1.54) is 0 Å². The fraction of sp³-hybridized carbons (Fsp3) is 0.625. The first-order chi connectivity index (χ1) is 9.61. The molecule has 4 nitrogen and oxygen atoms in total. The molecule has 0 N–H and O–H groups in total. The van der Waals surface area contributed by atoms with Gasteiger partial charge in [0.15, 0.2) is 5.78 Å². The molecule has 0 saturated heterocycles. The number of Topliss-reactive ketones (excluding diaryl/α,β-unsaturated/α-hetero) is 1. The van der Waals surface area contributed by atoms with Crippen molar-refractivity contribution < 1.29 is 14.3 Å². The normalized spacial score (nSPS) is 26.2. The number of hydrogen-bond donors (Lipinski definition) is 0. The molecule has 0 aliphatic heterocycles. The summed E-state index contributed by atoms with van der Waals surface area (Å²) in [6.07, 6.45) is 6.84. The van der Waals surface area contributed by atoms with Gasteiger partial charge in [0.25, 0.3) is 0 Å². The van der Waals surface area contributed by atoms with Crippen molar-refractivity contribution in [3.8, 4) is 5.75 Å². The monoisotopic (exact) mass is 277 g/mol. The van der Waals surface area contributed by atoms with E-state index in [1.54, 1.807) is 25.6 Å². The minimum Gasteiger partial charge on any atom is -0.492 e. The molecule has 1 aliphatic rings. The maximum atomic E-state index is 12.8. The van der Waals surface area contributed by atoms with E-state index in [-0.39, 0.29) is 5.78 Å². The number of carbonyl (C=O) groups is 1. The van der Waals surface area contributed by atoms with Crippen LogP contribution in [0.15, 0.2) is 18.5 Å². The number of pyridine rings is 1. The van der Waals surface area contributed by atoms with Gasteiger partial charge >= 0.3 is 0 Å². The van der Waals surface area contributed by atoms with Crippen LogP contribution in [0, 0.1) is 5.92 Å². The summed E-state index contributed by atoms with van der Waals surface area (Å²) in [5, 5.41) is 0. The average molecular weight is 277 g/mol. The van der Waals surface area contributed by atoms with Crippen LogP contribution in [-0.2, 0) is 4.74 Å². The number of nitrogens with zero attached hydrogens (tertiary/aromatic N) is 1. The van der Waals surface area contributed by atoms with Crippen molar-refractivity contribution >= 4 is 5.78 Å². The fourth-order valence-corrected chi connectivity index (χ4v) is 2.80. The van der Waals surface area contributed by atoms with E-state index in [4.69, 9.17) is 9.47 Å². The van der Waals surface area contributed by atoms with E-state index in [0.29, 0.717) is 23.8 Å². The summed E-state index contributed by atoms with van der Waals surface area (Å²) in [7, 11) is 1.63. The first-order valence-corrected chi connectivity index (χ1v) is 7.29. The maximum Gasteiger partial charge on any atom is 0.196 e.